The van der Waals surface area contributed by atoms with Crippen molar-refractivity contribution in [2.24, 2.45) is 10.8 Å². The summed E-state index contributed by atoms with van der Waals surface area (Å²) in [6.45, 7) is 9.20. The SMILES string of the molecule is CC1(C)CN(CC2(CS)CCOCC2)CCC1O. The minimum atomic E-state index is -0.157. The number of aliphatic hydroxyl groups is 1. The van der Waals surface area contributed by atoms with Gasteiger partial charge in [0.15, 0.2) is 0 Å². The van der Waals surface area contributed by atoms with Crippen molar-refractivity contribution in [1.29, 1.82) is 0 Å². The molecule has 0 aromatic heterocycles. The molecule has 0 saturated carbocycles. The second-order valence-electron chi connectivity index (χ2n) is 6.77. The van der Waals surface area contributed by atoms with Crippen LogP contribution in [-0.4, -0.2) is 54.7 Å². The fourth-order valence-electron chi connectivity index (χ4n) is 3.24. The molecule has 0 amide bonds. The van der Waals surface area contributed by atoms with Crippen LogP contribution in [0.5, 0.6) is 0 Å². The second-order valence-corrected chi connectivity index (χ2v) is 7.09. The highest BCUT2D eigenvalue weighted by atomic mass is 32.1. The zero-order chi connectivity index (χ0) is 13.2. The van der Waals surface area contributed by atoms with Gasteiger partial charge in [0.25, 0.3) is 0 Å². The fraction of sp³-hybridized carbons (Fsp3) is 1.00. The Balaban J connectivity index is 1.96. The molecule has 2 rings (SSSR count). The first-order valence-electron chi connectivity index (χ1n) is 7.07. The molecule has 0 aromatic rings. The van der Waals surface area contributed by atoms with E-state index in [2.05, 4.69) is 31.4 Å². The molecular formula is C14H27NO2S. The summed E-state index contributed by atoms with van der Waals surface area (Å²) in [5, 5.41) is 10.0. The summed E-state index contributed by atoms with van der Waals surface area (Å²) in [4.78, 5) is 2.52. The van der Waals surface area contributed by atoms with Gasteiger partial charge in [0.2, 0.25) is 0 Å². The number of nitrogens with zero attached hydrogens (tertiary/aromatic N) is 1. The maximum absolute atomic E-state index is 10.0. The van der Waals surface area contributed by atoms with Gasteiger partial charge in [-0.2, -0.15) is 12.6 Å². The average molecular weight is 273 g/mol. The molecule has 0 bridgehead atoms. The lowest BCUT2D eigenvalue weighted by Crippen LogP contribution is -2.52. The van der Waals surface area contributed by atoms with Gasteiger partial charge in [-0.3, -0.25) is 0 Å². The average Bonchev–Trinajstić information content (AvgIpc) is 2.35. The smallest absolute Gasteiger partial charge is 0.0615 e. The summed E-state index contributed by atoms with van der Waals surface area (Å²) < 4.78 is 5.48. The van der Waals surface area contributed by atoms with Crippen LogP contribution in [-0.2, 0) is 4.74 Å². The van der Waals surface area contributed by atoms with E-state index in [1.54, 1.807) is 0 Å². The van der Waals surface area contributed by atoms with E-state index in [-0.39, 0.29) is 11.5 Å². The first kappa shape index (κ1) is 14.6. The topological polar surface area (TPSA) is 32.7 Å². The molecule has 3 nitrogen and oxygen atoms in total. The lowest BCUT2D eigenvalue weighted by Gasteiger charge is -2.46. The Kier molecular flexibility index (Phi) is 4.63. The lowest BCUT2D eigenvalue weighted by atomic mass is 9.77. The first-order valence-corrected chi connectivity index (χ1v) is 7.70. The van der Waals surface area contributed by atoms with Gasteiger partial charge in [0.1, 0.15) is 0 Å². The third-order valence-electron chi connectivity index (χ3n) is 4.70. The Labute approximate surface area is 116 Å². The highest BCUT2D eigenvalue weighted by molar-refractivity contribution is 7.80. The van der Waals surface area contributed by atoms with E-state index in [0.717, 1.165) is 57.9 Å². The Morgan fingerprint density at radius 3 is 2.56 bits per heavy atom. The number of hydrogen-bond acceptors (Lipinski definition) is 4. The molecule has 2 fully saturated rings. The maximum Gasteiger partial charge on any atom is 0.0615 e. The molecule has 1 N–H and O–H groups in total. The van der Waals surface area contributed by atoms with E-state index in [9.17, 15) is 5.11 Å². The number of ether oxygens (including phenoxy) is 1. The van der Waals surface area contributed by atoms with Crippen LogP contribution in [0.2, 0.25) is 0 Å². The molecule has 106 valence electrons. The minimum absolute atomic E-state index is 0.0151. The summed E-state index contributed by atoms with van der Waals surface area (Å²) in [5.74, 6) is 0.940. The Bertz CT molecular complexity index is 277. The first-order chi connectivity index (χ1) is 8.47. The third-order valence-corrected chi connectivity index (χ3v) is 5.37. The molecule has 2 aliphatic rings. The predicted molar refractivity (Wildman–Crippen MR) is 77.2 cm³/mol. The second kappa shape index (κ2) is 5.70. The van der Waals surface area contributed by atoms with Crippen LogP contribution in [0, 0.1) is 10.8 Å². The Morgan fingerprint density at radius 1 is 1.33 bits per heavy atom. The number of likely N-dealkylation sites (tertiary alicyclic amines) is 1. The normalized spacial score (nSPS) is 32.3. The summed E-state index contributed by atoms with van der Waals surface area (Å²) >= 11 is 4.58. The van der Waals surface area contributed by atoms with Crippen LogP contribution >= 0.6 is 12.6 Å². The Hall–Kier alpha value is 0.230. The van der Waals surface area contributed by atoms with Gasteiger partial charge in [-0.15, -0.1) is 0 Å². The predicted octanol–water partition coefficient (Wildman–Crippen LogP) is 1.81. The molecule has 0 radical (unpaired) electrons. The van der Waals surface area contributed by atoms with Gasteiger partial charge >= 0.3 is 0 Å². The molecule has 2 aliphatic heterocycles. The monoisotopic (exact) mass is 273 g/mol. The van der Waals surface area contributed by atoms with Gasteiger partial charge in [-0.05, 0) is 30.4 Å². The maximum atomic E-state index is 10.0. The van der Waals surface area contributed by atoms with E-state index in [0.29, 0.717) is 5.41 Å². The van der Waals surface area contributed by atoms with E-state index in [1.165, 1.54) is 0 Å². The largest absolute Gasteiger partial charge is 0.392 e. The quantitative estimate of drug-likeness (QED) is 0.769. The molecule has 1 atom stereocenters. The van der Waals surface area contributed by atoms with E-state index >= 15 is 0 Å². The fourth-order valence-corrected chi connectivity index (χ4v) is 3.65. The number of hydrogen-bond donors (Lipinski definition) is 2. The highest BCUT2D eigenvalue weighted by Gasteiger charge is 2.39. The summed E-state index contributed by atoms with van der Waals surface area (Å²) in [5.41, 5.74) is 0.334. The van der Waals surface area contributed by atoms with Crippen molar-refractivity contribution in [2.75, 3.05) is 38.6 Å². The standard InChI is InChI=1S/C14H27NO2S/c1-13(2)9-15(6-3-12(13)16)10-14(11-18)4-7-17-8-5-14/h12,16,18H,3-11H2,1-2H3. The number of rotatable bonds is 3. The highest BCUT2D eigenvalue weighted by Crippen LogP contribution is 2.36. The van der Waals surface area contributed by atoms with Crippen LogP contribution in [0.4, 0.5) is 0 Å². The van der Waals surface area contributed by atoms with Crippen molar-refractivity contribution in [3.8, 4) is 0 Å². The summed E-state index contributed by atoms with van der Waals surface area (Å²) in [6.07, 6.45) is 2.98. The van der Waals surface area contributed by atoms with Gasteiger partial charge in [0, 0.05) is 38.3 Å². The third kappa shape index (κ3) is 3.21. The number of aliphatic hydroxyl groups excluding tert-OH is 1. The molecule has 0 spiro atoms. The van der Waals surface area contributed by atoms with Crippen LogP contribution in [0.1, 0.15) is 33.1 Å². The summed E-state index contributed by atoms with van der Waals surface area (Å²) in [6, 6.07) is 0. The molecule has 18 heavy (non-hydrogen) atoms. The van der Waals surface area contributed by atoms with E-state index in [1.807, 2.05) is 0 Å². The minimum Gasteiger partial charge on any atom is -0.392 e. The van der Waals surface area contributed by atoms with Crippen LogP contribution < -0.4 is 0 Å². The van der Waals surface area contributed by atoms with Crippen LogP contribution in [0.3, 0.4) is 0 Å². The van der Waals surface area contributed by atoms with Crippen molar-refractivity contribution in [3.63, 3.8) is 0 Å². The Morgan fingerprint density at radius 2 is 2.00 bits per heavy atom. The zero-order valence-electron chi connectivity index (χ0n) is 11.7. The van der Waals surface area contributed by atoms with E-state index in [4.69, 9.17) is 4.74 Å². The molecule has 0 aromatic carbocycles. The lowest BCUT2D eigenvalue weighted by molar-refractivity contribution is -0.0501. The van der Waals surface area contributed by atoms with Gasteiger partial charge < -0.3 is 14.7 Å². The van der Waals surface area contributed by atoms with Gasteiger partial charge in [-0.1, -0.05) is 13.8 Å². The van der Waals surface area contributed by atoms with Gasteiger partial charge in [-0.25, -0.2) is 0 Å². The molecule has 4 heteroatoms. The van der Waals surface area contributed by atoms with Gasteiger partial charge in [0.05, 0.1) is 6.10 Å². The molecular weight excluding hydrogens is 246 g/mol. The molecule has 1 unspecified atom stereocenters. The van der Waals surface area contributed by atoms with Crippen molar-refractivity contribution >= 4 is 12.6 Å². The summed E-state index contributed by atoms with van der Waals surface area (Å²) in [7, 11) is 0. The van der Waals surface area contributed by atoms with Crippen LogP contribution in [0.25, 0.3) is 0 Å². The van der Waals surface area contributed by atoms with Crippen molar-refractivity contribution in [2.45, 2.75) is 39.2 Å². The van der Waals surface area contributed by atoms with E-state index < -0.39 is 0 Å². The van der Waals surface area contributed by atoms with Crippen molar-refractivity contribution in [1.82, 2.24) is 4.90 Å². The molecule has 2 heterocycles. The zero-order valence-corrected chi connectivity index (χ0v) is 12.6. The molecule has 0 aliphatic carbocycles. The molecule has 2 saturated heterocycles. The van der Waals surface area contributed by atoms with Crippen LogP contribution in [0.15, 0.2) is 0 Å². The van der Waals surface area contributed by atoms with Crippen molar-refractivity contribution in [3.05, 3.63) is 0 Å². The number of thiol groups is 1. The van der Waals surface area contributed by atoms with Crippen molar-refractivity contribution < 1.29 is 9.84 Å². The number of piperidine rings is 1.